The van der Waals surface area contributed by atoms with Crippen LogP contribution >= 0.6 is 0 Å². The zero-order chi connectivity index (χ0) is 12.2. The molecule has 1 rings (SSSR count). The van der Waals surface area contributed by atoms with Crippen LogP contribution in [0.15, 0.2) is 0 Å². The van der Waals surface area contributed by atoms with Gasteiger partial charge in [0, 0.05) is 26.1 Å². The van der Waals surface area contributed by atoms with Crippen LogP contribution in [0.3, 0.4) is 0 Å². The highest BCUT2D eigenvalue weighted by Crippen LogP contribution is 2.49. The van der Waals surface area contributed by atoms with Crippen molar-refractivity contribution in [1.29, 1.82) is 5.41 Å². The summed E-state index contributed by atoms with van der Waals surface area (Å²) in [7, 11) is 1.74. The van der Waals surface area contributed by atoms with Crippen molar-refractivity contribution in [3.63, 3.8) is 0 Å². The van der Waals surface area contributed by atoms with Crippen LogP contribution < -0.4 is 5.73 Å². The summed E-state index contributed by atoms with van der Waals surface area (Å²) >= 11 is 0. The van der Waals surface area contributed by atoms with Crippen LogP contribution in [0.2, 0.25) is 0 Å². The maximum atomic E-state index is 7.41. The monoisotopic (exact) mass is 227 g/mol. The number of amidine groups is 1. The molecule has 0 bridgehead atoms. The van der Waals surface area contributed by atoms with Crippen molar-refractivity contribution >= 4 is 5.84 Å². The number of hydrogen-bond acceptors (Lipinski definition) is 3. The quantitative estimate of drug-likeness (QED) is 0.487. The molecule has 0 aliphatic heterocycles. The summed E-state index contributed by atoms with van der Waals surface area (Å²) in [6, 6.07) is 0.444. The highest BCUT2D eigenvalue weighted by atomic mass is 16.5. The van der Waals surface area contributed by atoms with Crippen LogP contribution in [0.25, 0.3) is 0 Å². The zero-order valence-corrected chi connectivity index (χ0v) is 10.8. The lowest BCUT2D eigenvalue weighted by molar-refractivity contribution is 0.0888. The summed E-state index contributed by atoms with van der Waals surface area (Å²) in [6.45, 7) is 7.22. The average molecular weight is 227 g/mol. The van der Waals surface area contributed by atoms with E-state index in [1.54, 1.807) is 7.11 Å². The van der Waals surface area contributed by atoms with Gasteiger partial charge in [-0.1, -0.05) is 6.92 Å². The molecule has 0 amide bonds. The van der Waals surface area contributed by atoms with Gasteiger partial charge >= 0.3 is 0 Å². The molecule has 16 heavy (non-hydrogen) atoms. The molecule has 1 aliphatic rings. The Morgan fingerprint density at radius 3 is 2.56 bits per heavy atom. The van der Waals surface area contributed by atoms with E-state index in [0.717, 1.165) is 26.1 Å². The van der Waals surface area contributed by atoms with Crippen LogP contribution in [-0.4, -0.2) is 43.6 Å². The summed E-state index contributed by atoms with van der Waals surface area (Å²) in [6.07, 6.45) is 3.18. The minimum Gasteiger partial charge on any atom is -0.388 e. The molecule has 3 N–H and O–H groups in total. The summed E-state index contributed by atoms with van der Waals surface area (Å²) in [4.78, 5) is 2.43. The van der Waals surface area contributed by atoms with Gasteiger partial charge in [0.1, 0.15) is 0 Å². The lowest BCUT2D eigenvalue weighted by Crippen LogP contribution is -2.40. The fraction of sp³-hybridized carbons (Fsp3) is 0.917. The van der Waals surface area contributed by atoms with Crippen LogP contribution in [0.4, 0.5) is 0 Å². The smallest absolute Gasteiger partial charge is 0.0911 e. The Balaban J connectivity index is 2.46. The van der Waals surface area contributed by atoms with Gasteiger partial charge in [0.05, 0.1) is 12.4 Å². The summed E-state index contributed by atoms with van der Waals surface area (Å²) in [5.74, 6) is 0.327. The number of nitrogens with two attached hydrogens (primary N) is 1. The number of nitrogens with zero attached hydrogens (tertiary/aromatic N) is 1. The first-order valence-corrected chi connectivity index (χ1v) is 6.09. The fourth-order valence-corrected chi connectivity index (χ4v) is 2.33. The van der Waals surface area contributed by atoms with Gasteiger partial charge < -0.3 is 10.5 Å². The van der Waals surface area contributed by atoms with Crippen molar-refractivity contribution < 1.29 is 4.74 Å². The Morgan fingerprint density at radius 1 is 1.56 bits per heavy atom. The molecular weight excluding hydrogens is 202 g/mol. The average Bonchev–Trinajstić information content (AvgIpc) is 2.94. The van der Waals surface area contributed by atoms with Gasteiger partial charge in [-0.25, -0.2) is 0 Å². The Morgan fingerprint density at radius 2 is 2.19 bits per heavy atom. The summed E-state index contributed by atoms with van der Waals surface area (Å²) < 4.78 is 5.19. The van der Waals surface area contributed by atoms with E-state index in [4.69, 9.17) is 15.9 Å². The van der Waals surface area contributed by atoms with Gasteiger partial charge in [0.2, 0.25) is 0 Å². The Labute approximate surface area is 98.6 Å². The minimum absolute atomic E-state index is 0.295. The van der Waals surface area contributed by atoms with Gasteiger partial charge in [-0.05, 0) is 31.7 Å². The molecule has 0 aromatic heterocycles. The second kappa shape index (κ2) is 5.64. The van der Waals surface area contributed by atoms with E-state index in [1.807, 2.05) is 0 Å². The molecular formula is C12H25N3O. The summed E-state index contributed by atoms with van der Waals surface area (Å²) in [5.41, 5.74) is 5.81. The van der Waals surface area contributed by atoms with Crippen molar-refractivity contribution in [3.8, 4) is 0 Å². The Kier molecular flexibility index (Phi) is 4.74. The maximum absolute atomic E-state index is 7.41. The molecule has 1 unspecified atom stereocenters. The molecule has 1 saturated carbocycles. The second-order valence-electron chi connectivity index (χ2n) is 5.07. The minimum atomic E-state index is 0.295. The lowest BCUT2D eigenvalue weighted by atomic mass is 10.0. The van der Waals surface area contributed by atoms with Crippen molar-refractivity contribution in [1.82, 2.24) is 4.90 Å². The second-order valence-corrected chi connectivity index (χ2v) is 5.07. The molecule has 94 valence electrons. The largest absolute Gasteiger partial charge is 0.388 e. The van der Waals surface area contributed by atoms with E-state index in [1.165, 1.54) is 12.8 Å². The third-order valence-electron chi connectivity index (χ3n) is 3.50. The summed E-state index contributed by atoms with van der Waals surface area (Å²) in [5, 5.41) is 7.41. The lowest BCUT2D eigenvalue weighted by Gasteiger charge is -2.31. The first kappa shape index (κ1) is 13.5. The SMILES string of the molecule is CCN(CC1(CC(=N)N)CC1)C(C)COC. The number of nitrogens with one attached hydrogen (secondary N) is 1. The first-order valence-electron chi connectivity index (χ1n) is 6.09. The van der Waals surface area contributed by atoms with Gasteiger partial charge in [-0.15, -0.1) is 0 Å². The van der Waals surface area contributed by atoms with Crippen LogP contribution in [0.5, 0.6) is 0 Å². The fourth-order valence-electron chi connectivity index (χ4n) is 2.33. The van der Waals surface area contributed by atoms with E-state index >= 15 is 0 Å². The Bertz CT molecular complexity index is 238. The third-order valence-corrected chi connectivity index (χ3v) is 3.50. The number of likely N-dealkylation sites (N-methyl/N-ethyl adjacent to an activating group) is 1. The van der Waals surface area contributed by atoms with Crippen LogP contribution in [0, 0.1) is 10.8 Å². The van der Waals surface area contributed by atoms with E-state index in [2.05, 4.69) is 18.7 Å². The molecule has 0 aromatic carbocycles. The van der Waals surface area contributed by atoms with Crippen molar-refractivity contribution in [2.75, 3.05) is 26.8 Å². The van der Waals surface area contributed by atoms with Gasteiger partial charge in [-0.2, -0.15) is 0 Å². The predicted molar refractivity (Wildman–Crippen MR) is 66.8 cm³/mol. The molecule has 0 spiro atoms. The molecule has 4 nitrogen and oxygen atoms in total. The van der Waals surface area contributed by atoms with Crippen LogP contribution in [0.1, 0.15) is 33.1 Å². The molecule has 1 fully saturated rings. The molecule has 1 aliphatic carbocycles. The topological polar surface area (TPSA) is 62.3 Å². The van der Waals surface area contributed by atoms with Gasteiger partial charge in [0.15, 0.2) is 0 Å². The van der Waals surface area contributed by atoms with E-state index < -0.39 is 0 Å². The number of rotatable bonds is 8. The molecule has 0 heterocycles. The number of ether oxygens (including phenoxy) is 1. The Hall–Kier alpha value is -0.610. The first-order chi connectivity index (χ1) is 7.53. The van der Waals surface area contributed by atoms with Crippen molar-refractivity contribution in [2.24, 2.45) is 11.1 Å². The van der Waals surface area contributed by atoms with Crippen molar-refractivity contribution in [2.45, 2.75) is 39.2 Å². The van der Waals surface area contributed by atoms with Crippen LogP contribution in [-0.2, 0) is 4.74 Å². The molecule has 0 saturated heterocycles. The van der Waals surface area contributed by atoms with Gasteiger partial charge in [-0.3, -0.25) is 10.3 Å². The maximum Gasteiger partial charge on any atom is 0.0911 e. The highest BCUT2D eigenvalue weighted by Gasteiger charge is 2.44. The van der Waals surface area contributed by atoms with E-state index in [-0.39, 0.29) is 0 Å². The predicted octanol–water partition coefficient (Wildman–Crippen LogP) is 1.45. The normalized spacial score (nSPS) is 19.8. The molecule has 1 atom stereocenters. The van der Waals surface area contributed by atoms with Crippen molar-refractivity contribution in [3.05, 3.63) is 0 Å². The zero-order valence-electron chi connectivity index (χ0n) is 10.8. The van der Waals surface area contributed by atoms with Gasteiger partial charge in [0.25, 0.3) is 0 Å². The number of methoxy groups -OCH3 is 1. The molecule has 0 aromatic rings. The third kappa shape index (κ3) is 3.76. The van der Waals surface area contributed by atoms with E-state index in [9.17, 15) is 0 Å². The molecule has 4 heteroatoms. The number of hydrogen-bond donors (Lipinski definition) is 2. The van der Waals surface area contributed by atoms with E-state index in [0.29, 0.717) is 17.3 Å². The standard InChI is InChI=1S/C12H25N3O/c1-4-15(10(2)8-16-3)9-12(5-6-12)7-11(13)14/h10H,4-9H2,1-3H3,(H3,13,14). The highest BCUT2D eigenvalue weighted by molar-refractivity contribution is 5.78. The molecule has 0 radical (unpaired) electrons.